The maximum Gasteiger partial charge on any atom is 0.303 e. The second-order valence-corrected chi connectivity index (χ2v) is 16.9. The SMILES string of the molecule is CC(=O)OC[C@H]1O[C@@H](OC[C@H]2O[C@@H](Sc3ccccc3)[C@H](OC(C)=O)[C@@H](O[C@@H]3O[C@H](COC(C)=O)[C@@H](OC(C)=O)[C@H](OC(C)=O)[C@H]3OC(C)=O)[C@@H]2OC(C)=O)[C@H](OC(C)=O)[C@@H](OC(C)=O)[C@@H]1OC(C)=O. The van der Waals surface area contributed by atoms with Gasteiger partial charge in [0.25, 0.3) is 0 Å². The molecule has 0 saturated carbocycles. The summed E-state index contributed by atoms with van der Waals surface area (Å²) in [6, 6.07) is 8.51. The molecule has 3 fully saturated rings. The highest BCUT2D eigenvalue weighted by Gasteiger charge is 2.59. The molecular weight excluding hydrogens is 961 g/mol. The van der Waals surface area contributed by atoms with Gasteiger partial charge >= 0.3 is 59.7 Å². The number of hydrogen-bond acceptors (Lipinski definition) is 26. The molecule has 0 unspecified atom stereocenters. The Balaban J connectivity index is 1.90. The van der Waals surface area contributed by atoms with Crippen molar-refractivity contribution >= 4 is 71.5 Å². The topological polar surface area (TPSA) is 309 Å². The van der Waals surface area contributed by atoms with Crippen LogP contribution in [0, 0.1) is 0 Å². The van der Waals surface area contributed by atoms with E-state index in [4.69, 9.17) is 71.1 Å². The van der Waals surface area contributed by atoms with Gasteiger partial charge in [0.1, 0.15) is 43.1 Å². The summed E-state index contributed by atoms with van der Waals surface area (Å²) in [6.07, 6.45) is -23.2. The number of esters is 10. The van der Waals surface area contributed by atoms with E-state index in [0.29, 0.717) is 4.90 Å². The van der Waals surface area contributed by atoms with Crippen molar-refractivity contribution in [3.05, 3.63) is 30.3 Å². The van der Waals surface area contributed by atoms with E-state index in [-0.39, 0.29) is 0 Å². The number of carbonyl (C=O) groups is 10. The highest BCUT2D eigenvalue weighted by molar-refractivity contribution is 7.99. The third-order valence-corrected chi connectivity index (χ3v) is 11.0. The standard InChI is InChI=1S/C44H56O25S/c1-19(45)55-16-30-33(58-21(3)47)36(61-24(6)50)39(63-26(8)52)42(66-30)57-18-32-35(60-23(5)49)38(41(65-28(10)54)44(68-32)70-29-14-12-11-13-15-29)69-43-40(64-27(9)53)37(62-25(7)51)34(59-22(4)48)31(67-43)17-56-20(2)46/h11-15,30-44H,16-18H2,1-10H3/t30-,31-,32-,33-,34-,35-,36+,37+,38+,39-,40-,41-,42-,43+,44+/m1/s1. The molecule has 1 aromatic carbocycles. The predicted octanol–water partition coefficient (Wildman–Crippen LogP) is 0.935. The summed E-state index contributed by atoms with van der Waals surface area (Å²) < 4.78 is 86.9. The van der Waals surface area contributed by atoms with Gasteiger partial charge in [-0.3, -0.25) is 47.9 Å². The number of carbonyl (C=O) groups excluding carboxylic acids is 10. The Morgan fingerprint density at radius 1 is 0.386 bits per heavy atom. The summed E-state index contributed by atoms with van der Waals surface area (Å²) in [5.74, 6) is -9.01. The van der Waals surface area contributed by atoms with Gasteiger partial charge < -0.3 is 71.1 Å². The van der Waals surface area contributed by atoms with Crippen molar-refractivity contribution in [1.29, 1.82) is 0 Å². The summed E-state index contributed by atoms with van der Waals surface area (Å²) in [5.41, 5.74) is -1.32. The molecule has 0 N–H and O–H groups in total. The first-order valence-electron chi connectivity index (χ1n) is 21.5. The van der Waals surface area contributed by atoms with Crippen molar-refractivity contribution in [2.24, 2.45) is 0 Å². The number of benzene rings is 1. The number of thioether (sulfide) groups is 1. The fraction of sp³-hybridized carbons (Fsp3) is 0.636. The van der Waals surface area contributed by atoms with Gasteiger partial charge in [0.15, 0.2) is 61.4 Å². The van der Waals surface area contributed by atoms with Crippen LogP contribution in [0.2, 0.25) is 0 Å². The molecule has 0 amide bonds. The highest BCUT2D eigenvalue weighted by Crippen LogP contribution is 2.41. The van der Waals surface area contributed by atoms with Gasteiger partial charge in [-0.2, -0.15) is 0 Å². The van der Waals surface area contributed by atoms with Crippen LogP contribution in [-0.2, 0) is 119 Å². The summed E-state index contributed by atoms with van der Waals surface area (Å²) >= 11 is 0.997. The lowest BCUT2D eigenvalue weighted by Gasteiger charge is -2.49. The lowest BCUT2D eigenvalue weighted by atomic mass is 9.96. The highest BCUT2D eigenvalue weighted by atomic mass is 32.2. The van der Waals surface area contributed by atoms with Crippen molar-refractivity contribution in [3.63, 3.8) is 0 Å². The Bertz CT molecular complexity index is 2050. The Morgan fingerprint density at radius 3 is 1.14 bits per heavy atom. The van der Waals surface area contributed by atoms with Crippen molar-refractivity contribution in [3.8, 4) is 0 Å². The Morgan fingerprint density at radius 2 is 0.729 bits per heavy atom. The average Bonchev–Trinajstić information content (AvgIpc) is 3.23. The van der Waals surface area contributed by atoms with Crippen LogP contribution in [0.4, 0.5) is 0 Å². The van der Waals surface area contributed by atoms with Gasteiger partial charge in [-0.25, -0.2) is 0 Å². The van der Waals surface area contributed by atoms with E-state index < -0.39 is 171 Å². The molecule has 3 saturated heterocycles. The van der Waals surface area contributed by atoms with Gasteiger partial charge in [-0.05, 0) is 12.1 Å². The maximum atomic E-state index is 13.1. The van der Waals surface area contributed by atoms with Crippen molar-refractivity contribution in [1.82, 2.24) is 0 Å². The molecule has 70 heavy (non-hydrogen) atoms. The van der Waals surface area contributed by atoms with Crippen LogP contribution < -0.4 is 0 Å². The van der Waals surface area contributed by atoms with Crippen molar-refractivity contribution in [2.45, 2.75) is 165 Å². The first kappa shape index (κ1) is 56.7. The summed E-state index contributed by atoms with van der Waals surface area (Å²) in [7, 11) is 0. The second kappa shape index (κ2) is 26.3. The first-order valence-corrected chi connectivity index (χ1v) is 22.4. The Labute approximate surface area is 405 Å². The molecule has 15 atom stereocenters. The molecule has 388 valence electrons. The van der Waals surface area contributed by atoms with Gasteiger partial charge in [0.2, 0.25) is 0 Å². The zero-order valence-electron chi connectivity index (χ0n) is 39.8. The van der Waals surface area contributed by atoms with E-state index >= 15 is 0 Å². The minimum atomic E-state index is -1.93. The van der Waals surface area contributed by atoms with Crippen LogP contribution in [-0.4, -0.2) is 171 Å². The van der Waals surface area contributed by atoms with Crippen molar-refractivity contribution < 1.29 is 119 Å². The van der Waals surface area contributed by atoms with Crippen molar-refractivity contribution in [2.75, 3.05) is 19.8 Å². The van der Waals surface area contributed by atoms with Gasteiger partial charge in [0.05, 0.1) is 6.61 Å². The fourth-order valence-electron chi connectivity index (χ4n) is 7.51. The van der Waals surface area contributed by atoms with Crippen LogP contribution in [0.25, 0.3) is 0 Å². The minimum absolute atomic E-state index is 0.542. The minimum Gasteiger partial charge on any atom is -0.463 e. The molecule has 0 radical (unpaired) electrons. The summed E-state index contributed by atoms with van der Waals surface area (Å²) in [4.78, 5) is 126. The smallest absolute Gasteiger partial charge is 0.303 e. The molecule has 1 aromatic rings. The third kappa shape index (κ3) is 16.9. The molecule has 3 aliphatic rings. The van der Waals surface area contributed by atoms with Gasteiger partial charge in [-0.15, -0.1) is 0 Å². The number of hydrogen-bond donors (Lipinski definition) is 0. The average molecular weight is 1020 g/mol. The molecule has 0 spiro atoms. The van der Waals surface area contributed by atoms with Crippen LogP contribution in [0.15, 0.2) is 35.2 Å². The number of rotatable bonds is 19. The molecule has 26 heteroatoms. The quantitative estimate of drug-likeness (QED) is 0.137. The third-order valence-electron chi connectivity index (χ3n) is 9.80. The fourth-order valence-corrected chi connectivity index (χ4v) is 8.64. The van der Waals surface area contributed by atoms with Crippen LogP contribution >= 0.6 is 11.8 Å². The lowest BCUT2D eigenvalue weighted by molar-refractivity contribution is -0.345. The second-order valence-electron chi connectivity index (χ2n) is 15.7. The van der Waals surface area contributed by atoms with Crippen LogP contribution in [0.3, 0.4) is 0 Å². The summed E-state index contributed by atoms with van der Waals surface area (Å²) in [5, 5.41) is 0. The Kier molecular flexibility index (Phi) is 21.3. The lowest BCUT2D eigenvalue weighted by Crippen LogP contribution is -2.67. The van der Waals surface area contributed by atoms with E-state index in [1.807, 2.05) is 0 Å². The van der Waals surface area contributed by atoms with Gasteiger partial charge in [0, 0.05) is 74.1 Å². The molecule has 0 aliphatic carbocycles. The van der Waals surface area contributed by atoms with E-state index in [2.05, 4.69) is 0 Å². The zero-order valence-corrected chi connectivity index (χ0v) is 40.6. The normalized spacial score (nSPS) is 30.5. The monoisotopic (exact) mass is 1020 g/mol. The van der Waals surface area contributed by atoms with E-state index in [1.165, 1.54) is 0 Å². The van der Waals surface area contributed by atoms with E-state index in [0.717, 1.165) is 81.0 Å². The molecule has 4 rings (SSSR count). The number of ether oxygens (including phenoxy) is 15. The predicted molar refractivity (Wildman–Crippen MR) is 227 cm³/mol. The van der Waals surface area contributed by atoms with E-state index in [1.54, 1.807) is 30.3 Å². The first-order chi connectivity index (χ1) is 32.9. The van der Waals surface area contributed by atoms with Gasteiger partial charge in [-0.1, -0.05) is 30.0 Å². The molecule has 3 aliphatic heterocycles. The molecule has 3 heterocycles. The molecule has 0 bridgehead atoms. The zero-order chi connectivity index (χ0) is 52.0. The Hall–Kier alpha value is -5.93. The van der Waals surface area contributed by atoms with Crippen LogP contribution in [0.1, 0.15) is 69.2 Å². The van der Waals surface area contributed by atoms with Crippen LogP contribution in [0.5, 0.6) is 0 Å². The molecule has 0 aromatic heterocycles. The molecule has 25 nitrogen and oxygen atoms in total. The van der Waals surface area contributed by atoms with E-state index in [9.17, 15) is 47.9 Å². The largest absolute Gasteiger partial charge is 0.463 e. The maximum absolute atomic E-state index is 13.1. The molecular formula is C44H56O25S. The summed E-state index contributed by atoms with van der Waals surface area (Å²) in [6.45, 7) is 8.41.